The van der Waals surface area contributed by atoms with E-state index in [9.17, 15) is 4.79 Å². The Bertz CT molecular complexity index is 860. The molecule has 5 nitrogen and oxygen atoms in total. The van der Waals surface area contributed by atoms with Gasteiger partial charge < -0.3 is 4.90 Å². The van der Waals surface area contributed by atoms with Crippen molar-refractivity contribution in [2.45, 2.75) is 13.5 Å². The minimum Gasteiger partial charge on any atom is -0.301 e. The molecule has 6 heteroatoms. The lowest BCUT2D eigenvalue weighted by Gasteiger charge is -2.24. The van der Waals surface area contributed by atoms with Crippen LogP contribution in [0.4, 0.5) is 5.69 Å². The van der Waals surface area contributed by atoms with E-state index >= 15 is 0 Å². The molecule has 3 rings (SSSR count). The Morgan fingerprint density at radius 2 is 2.08 bits per heavy atom. The quantitative estimate of drug-likeness (QED) is 0.728. The number of aryl methyl sites for hydroxylation is 2. The second-order valence-electron chi connectivity index (χ2n) is 5.55. The van der Waals surface area contributed by atoms with Crippen molar-refractivity contribution >= 4 is 23.2 Å². The molecule has 3 aromatic rings. The third-order valence-electron chi connectivity index (χ3n) is 3.74. The molecule has 2 aromatic heterocycles. The number of pyridine rings is 1. The molecule has 0 unspecified atom stereocenters. The third kappa shape index (κ3) is 3.31. The van der Waals surface area contributed by atoms with Gasteiger partial charge in [0.25, 0.3) is 5.91 Å². The lowest BCUT2D eigenvalue weighted by molar-refractivity contribution is 0.0976. The summed E-state index contributed by atoms with van der Waals surface area (Å²) in [6.07, 6.45) is 5.05. The predicted molar refractivity (Wildman–Crippen MR) is 94.1 cm³/mol. The third-order valence-corrected chi connectivity index (χ3v) is 4.06. The normalized spacial score (nSPS) is 10.6. The van der Waals surface area contributed by atoms with Gasteiger partial charge in [-0.2, -0.15) is 5.10 Å². The fourth-order valence-corrected chi connectivity index (χ4v) is 2.71. The molecule has 122 valence electrons. The molecule has 0 spiro atoms. The van der Waals surface area contributed by atoms with Crippen LogP contribution in [0.25, 0.3) is 0 Å². The number of carbonyl (C=O) groups excluding carboxylic acids is 1. The van der Waals surface area contributed by atoms with Crippen LogP contribution in [0.5, 0.6) is 0 Å². The number of nitrogens with zero attached hydrogens (tertiary/aromatic N) is 4. The zero-order valence-electron chi connectivity index (χ0n) is 13.5. The van der Waals surface area contributed by atoms with Crippen molar-refractivity contribution in [2.75, 3.05) is 4.90 Å². The number of hydrogen-bond donors (Lipinski definition) is 0. The monoisotopic (exact) mass is 340 g/mol. The SMILES string of the molecule is Cc1ccc(Cl)c(N(Cc2cccnc2)C(=O)c2ccnn2C)c1. The first-order valence-electron chi connectivity index (χ1n) is 7.51. The molecule has 0 saturated heterocycles. The number of carbonyl (C=O) groups is 1. The molecule has 0 aliphatic carbocycles. The highest BCUT2D eigenvalue weighted by molar-refractivity contribution is 6.34. The molecule has 0 saturated carbocycles. The number of hydrogen-bond acceptors (Lipinski definition) is 3. The van der Waals surface area contributed by atoms with Crippen molar-refractivity contribution in [2.24, 2.45) is 7.05 Å². The van der Waals surface area contributed by atoms with E-state index in [1.54, 1.807) is 47.4 Å². The van der Waals surface area contributed by atoms with Crippen LogP contribution in [0.3, 0.4) is 0 Å². The van der Waals surface area contributed by atoms with Gasteiger partial charge in [0, 0.05) is 25.6 Å². The molecule has 0 atom stereocenters. The molecule has 24 heavy (non-hydrogen) atoms. The fourth-order valence-electron chi connectivity index (χ4n) is 2.49. The summed E-state index contributed by atoms with van der Waals surface area (Å²) in [6, 6.07) is 11.1. The summed E-state index contributed by atoms with van der Waals surface area (Å²) in [6.45, 7) is 2.34. The molecule has 1 amide bonds. The van der Waals surface area contributed by atoms with E-state index in [0.717, 1.165) is 11.1 Å². The molecular formula is C18H17ClN4O. The number of benzene rings is 1. The van der Waals surface area contributed by atoms with Crippen molar-refractivity contribution in [1.82, 2.24) is 14.8 Å². The molecule has 0 aliphatic rings. The van der Waals surface area contributed by atoms with E-state index in [-0.39, 0.29) is 5.91 Å². The van der Waals surface area contributed by atoms with Crippen LogP contribution >= 0.6 is 11.6 Å². The number of rotatable bonds is 4. The summed E-state index contributed by atoms with van der Waals surface area (Å²) in [7, 11) is 1.74. The predicted octanol–water partition coefficient (Wildman–Crippen LogP) is 3.62. The van der Waals surface area contributed by atoms with E-state index in [4.69, 9.17) is 11.6 Å². The smallest absolute Gasteiger partial charge is 0.276 e. The van der Waals surface area contributed by atoms with Crippen molar-refractivity contribution in [1.29, 1.82) is 0 Å². The highest BCUT2D eigenvalue weighted by Gasteiger charge is 2.23. The summed E-state index contributed by atoms with van der Waals surface area (Å²) < 4.78 is 1.56. The van der Waals surface area contributed by atoms with Crippen LogP contribution in [0.1, 0.15) is 21.6 Å². The Balaban J connectivity index is 2.05. The minimum atomic E-state index is -0.161. The van der Waals surface area contributed by atoms with Gasteiger partial charge in [0.05, 0.1) is 17.3 Å². The summed E-state index contributed by atoms with van der Waals surface area (Å²) >= 11 is 6.37. The van der Waals surface area contributed by atoms with Crippen LogP contribution in [0, 0.1) is 6.92 Å². The van der Waals surface area contributed by atoms with Gasteiger partial charge in [0.1, 0.15) is 5.69 Å². The number of halogens is 1. The Morgan fingerprint density at radius 3 is 2.75 bits per heavy atom. The zero-order chi connectivity index (χ0) is 17.1. The number of aromatic nitrogens is 3. The molecule has 1 aromatic carbocycles. The van der Waals surface area contributed by atoms with Gasteiger partial charge >= 0.3 is 0 Å². The largest absolute Gasteiger partial charge is 0.301 e. The molecule has 0 aliphatic heterocycles. The Morgan fingerprint density at radius 1 is 1.25 bits per heavy atom. The maximum absolute atomic E-state index is 13.1. The van der Waals surface area contributed by atoms with E-state index in [2.05, 4.69) is 10.1 Å². The van der Waals surface area contributed by atoms with Crippen LogP contribution in [-0.2, 0) is 13.6 Å². The molecule has 2 heterocycles. The van der Waals surface area contributed by atoms with E-state index < -0.39 is 0 Å². The van der Waals surface area contributed by atoms with Crippen LogP contribution in [0.15, 0.2) is 55.0 Å². The van der Waals surface area contributed by atoms with E-state index in [1.165, 1.54) is 0 Å². The van der Waals surface area contributed by atoms with Gasteiger partial charge in [0.15, 0.2) is 0 Å². The number of anilines is 1. The maximum atomic E-state index is 13.1. The fraction of sp³-hybridized carbons (Fsp3) is 0.167. The van der Waals surface area contributed by atoms with E-state index in [0.29, 0.717) is 22.9 Å². The van der Waals surface area contributed by atoms with Gasteiger partial charge in [-0.1, -0.05) is 23.7 Å². The number of amides is 1. The first-order valence-corrected chi connectivity index (χ1v) is 7.89. The topological polar surface area (TPSA) is 51.0 Å². The van der Waals surface area contributed by atoms with Gasteiger partial charge in [-0.25, -0.2) is 0 Å². The molecular weight excluding hydrogens is 324 g/mol. The lowest BCUT2D eigenvalue weighted by atomic mass is 10.1. The van der Waals surface area contributed by atoms with Crippen LogP contribution in [0.2, 0.25) is 5.02 Å². The van der Waals surface area contributed by atoms with Gasteiger partial charge in [-0.3, -0.25) is 14.5 Å². The van der Waals surface area contributed by atoms with E-state index in [1.807, 2.05) is 31.2 Å². The Hall–Kier alpha value is -2.66. The van der Waals surface area contributed by atoms with Crippen molar-refractivity contribution < 1.29 is 4.79 Å². The average molecular weight is 341 g/mol. The first-order chi connectivity index (χ1) is 11.6. The first kappa shape index (κ1) is 16.2. The standard InChI is InChI=1S/C18H17ClN4O/c1-13-5-6-15(19)17(10-13)23(12-14-4-3-8-20-11-14)18(24)16-7-9-21-22(16)2/h3-11H,12H2,1-2H3. The van der Waals surface area contributed by atoms with Gasteiger partial charge in [0.2, 0.25) is 0 Å². The summed E-state index contributed by atoms with van der Waals surface area (Å²) in [5.74, 6) is -0.161. The lowest BCUT2D eigenvalue weighted by Crippen LogP contribution is -2.32. The summed E-state index contributed by atoms with van der Waals surface area (Å²) in [5, 5.41) is 4.61. The molecule has 0 radical (unpaired) electrons. The highest BCUT2D eigenvalue weighted by atomic mass is 35.5. The molecule has 0 bridgehead atoms. The van der Waals surface area contributed by atoms with Crippen molar-refractivity contribution in [3.63, 3.8) is 0 Å². The van der Waals surface area contributed by atoms with Gasteiger partial charge in [-0.05, 0) is 42.3 Å². The van der Waals surface area contributed by atoms with Crippen molar-refractivity contribution in [3.8, 4) is 0 Å². The second kappa shape index (κ2) is 6.84. The van der Waals surface area contributed by atoms with Crippen LogP contribution < -0.4 is 4.90 Å². The van der Waals surface area contributed by atoms with Crippen molar-refractivity contribution in [3.05, 3.63) is 76.8 Å². The Kier molecular flexibility index (Phi) is 4.62. The molecule has 0 N–H and O–H groups in total. The molecule has 0 fully saturated rings. The Labute approximate surface area is 145 Å². The second-order valence-corrected chi connectivity index (χ2v) is 5.95. The van der Waals surface area contributed by atoms with Gasteiger partial charge in [-0.15, -0.1) is 0 Å². The highest BCUT2D eigenvalue weighted by Crippen LogP contribution is 2.29. The zero-order valence-corrected chi connectivity index (χ0v) is 14.2. The average Bonchev–Trinajstić information content (AvgIpc) is 3.01. The van der Waals surface area contributed by atoms with Crippen LogP contribution in [-0.4, -0.2) is 20.7 Å². The maximum Gasteiger partial charge on any atom is 0.276 e. The summed E-state index contributed by atoms with van der Waals surface area (Å²) in [4.78, 5) is 18.9. The minimum absolute atomic E-state index is 0.161. The summed E-state index contributed by atoms with van der Waals surface area (Å²) in [5.41, 5.74) is 3.12.